The topological polar surface area (TPSA) is 71.4 Å². The van der Waals surface area contributed by atoms with E-state index in [4.69, 9.17) is 0 Å². The highest BCUT2D eigenvalue weighted by Gasteiger charge is 2.56. The molecule has 0 aromatic heterocycles. The number of benzene rings is 2. The van der Waals surface area contributed by atoms with Gasteiger partial charge in [-0.15, -0.1) is 0 Å². The van der Waals surface area contributed by atoms with Crippen LogP contribution in [-0.2, 0) is 4.79 Å². The average Bonchev–Trinajstić information content (AvgIpc) is 3.19. The predicted molar refractivity (Wildman–Crippen MR) is 120 cm³/mol. The summed E-state index contributed by atoms with van der Waals surface area (Å²) in [6.07, 6.45) is 5.98. The van der Waals surface area contributed by atoms with Gasteiger partial charge in [0.2, 0.25) is 0 Å². The second-order valence-corrected chi connectivity index (χ2v) is 9.42. The van der Waals surface area contributed by atoms with Crippen LogP contribution in [0.1, 0.15) is 33.6 Å². The SMILES string of the molecule is O=C(O)C1CCC2C1=CC=CC2(C(=O)c1ccc(Br)cc1)C(=O)c1ccc(Br)cc1. The Labute approximate surface area is 190 Å². The minimum absolute atomic E-state index is 0.305. The fourth-order valence-electron chi connectivity index (χ4n) is 4.58. The zero-order valence-corrected chi connectivity index (χ0v) is 19.0. The Morgan fingerprint density at radius 1 is 0.833 bits per heavy atom. The van der Waals surface area contributed by atoms with Crippen LogP contribution in [0.25, 0.3) is 0 Å². The zero-order valence-electron chi connectivity index (χ0n) is 15.8. The van der Waals surface area contributed by atoms with Crippen LogP contribution in [0.2, 0.25) is 0 Å². The highest BCUT2D eigenvalue weighted by Crippen LogP contribution is 2.52. The lowest BCUT2D eigenvalue weighted by Gasteiger charge is -2.37. The summed E-state index contributed by atoms with van der Waals surface area (Å²) in [5.41, 5.74) is 0.0400. The molecule has 2 aromatic carbocycles. The van der Waals surface area contributed by atoms with Crippen molar-refractivity contribution in [2.45, 2.75) is 12.8 Å². The van der Waals surface area contributed by atoms with Crippen molar-refractivity contribution >= 4 is 49.4 Å². The van der Waals surface area contributed by atoms with Gasteiger partial charge in [-0.25, -0.2) is 0 Å². The van der Waals surface area contributed by atoms with Crippen LogP contribution in [0.4, 0.5) is 0 Å². The first-order valence-electron chi connectivity index (χ1n) is 9.57. The molecule has 2 aliphatic rings. The molecule has 4 nitrogen and oxygen atoms in total. The minimum atomic E-state index is -1.46. The molecule has 1 saturated carbocycles. The van der Waals surface area contributed by atoms with Crippen LogP contribution >= 0.6 is 31.9 Å². The maximum Gasteiger partial charge on any atom is 0.310 e. The molecule has 2 atom stereocenters. The zero-order chi connectivity index (χ0) is 21.5. The number of carboxylic acid groups (broad SMARTS) is 1. The van der Waals surface area contributed by atoms with Crippen molar-refractivity contribution in [3.05, 3.63) is 92.4 Å². The van der Waals surface area contributed by atoms with Gasteiger partial charge in [0.15, 0.2) is 11.6 Å². The monoisotopic (exact) mass is 528 g/mol. The normalized spacial score (nSPS) is 21.6. The first-order chi connectivity index (χ1) is 14.3. The lowest BCUT2D eigenvalue weighted by Crippen LogP contribution is -2.45. The summed E-state index contributed by atoms with van der Waals surface area (Å²) >= 11 is 6.75. The number of halogens is 2. The third-order valence-electron chi connectivity index (χ3n) is 6.01. The van der Waals surface area contributed by atoms with Gasteiger partial charge in [0.25, 0.3) is 0 Å². The number of allylic oxidation sites excluding steroid dienone is 3. The van der Waals surface area contributed by atoms with Crippen LogP contribution in [0.15, 0.2) is 81.3 Å². The van der Waals surface area contributed by atoms with Gasteiger partial charge < -0.3 is 5.11 Å². The second-order valence-electron chi connectivity index (χ2n) is 7.59. The van der Waals surface area contributed by atoms with Crippen molar-refractivity contribution in [1.82, 2.24) is 0 Å². The molecule has 1 fully saturated rings. The first kappa shape index (κ1) is 20.9. The van der Waals surface area contributed by atoms with Crippen LogP contribution in [0, 0.1) is 17.3 Å². The van der Waals surface area contributed by atoms with Gasteiger partial charge in [-0.3, -0.25) is 14.4 Å². The third-order valence-corrected chi connectivity index (χ3v) is 7.07. The number of hydrogen-bond acceptors (Lipinski definition) is 3. The molecule has 0 saturated heterocycles. The summed E-state index contributed by atoms with van der Waals surface area (Å²) in [5.74, 6) is -2.67. The minimum Gasteiger partial charge on any atom is -0.481 e. The van der Waals surface area contributed by atoms with Gasteiger partial charge in [0, 0.05) is 26.0 Å². The summed E-state index contributed by atoms with van der Waals surface area (Å²) in [5, 5.41) is 9.65. The van der Waals surface area contributed by atoms with Gasteiger partial charge in [0.1, 0.15) is 5.41 Å². The fraction of sp³-hybridized carbons (Fsp3) is 0.208. The molecule has 2 unspecified atom stereocenters. The van der Waals surface area contributed by atoms with Gasteiger partial charge in [-0.2, -0.15) is 0 Å². The van der Waals surface area contributed by atoms with Crippen molar-refractivity contribution in [3.8, 4) is 0 Å². The number of carbonyl (C=O) groups is 3. The Kier molecular flexibility index (Phi) is 5.64. The summed E-state index contributed by atoms with van der Waals surface area (Å²) in [7, 11) is 0. The van der Waals surface area contributed by atoms with Crippen LogP contribution in [0.5, 0.6) is 0 Å². The van der Waals surface area contributed by atoms with E-state index in [1.54, 1.807) is 66.8 Å². The number of Topliss-reactive ketones (excluding diaryl/α,β-unsaturated/α-hetero) is 2. The molecule has 152 valence electrons. The molecule has 0 spiro atoms. The number of aliphatic carboxylic acids is 1. The smallest absolute Gasteiger partial charge is 0.310 e. The molecular formula is C24H18Br2O4. The number of carbonyl (C=O) groups excluding carboxylic acids is 2. The largest absolute Gasteiger partial charge is 0.481 e. The van der Waals surface area contributed by atoms with E-state index in [0.717, 1.165) is 8.95 Å². The molecule has 0 bridgehead atoms. The van der Waals surface area contributed by atoms with E-state index in [1.165, 1.54) is 0 Å². The predicted octanol–water partition coefficient (Wildman–Crippen LogP) is 5.87. The highest BCUT2D eigenvalue weighted by molar-refractivity contribution is 9.10. The van der Waals surface area contributed by atoms with Crippen LogP contribution < -0.4 is 0 Å². The Balaban J connectivity index is 1.87. The Hall–Kier alpha value is -2.31. The second kappa shape index (κ2) is 8.08. The van der Waals surface area contributed by atoms with Crippen molar-refractivity contribution in [1.29, 1.82) is 0 Å². The number of carboxylic acids is 1. The van der Waals surface area contributed by atoms with E-state index in [2.05, 4.69) is 31.9 Å². The van der Waals surface area contributed by atoms with Crippen molar-refractivity contribution < 1.29 is 19.5 Å². The molecule has 30 heavy (non-hydrogen) atoms. The van der Waals surface area contributed by atoms with Crippen LogP contribution in [-0.4, -0.2) is 22.6 Å². The standard InChI is InChI=1S/C24H18Br2O4/c25-16-7-3-14(4-8-16)21(27)24(22(28)15-5-9-17(26)10-6-15)13-1-2-18-19(23(29)30)11-12-20(18)24/h1-10,13,19-20H,11-12H2,(H,29,30). The van der Waals surface area contributed by atoms with Gasteiger partial charge in [-0.05, 0) is 37.1 Å². The summed E-state index contributed by atoms with van der Waals surface area (Å²) in [4.78, 5) is 39.5. The van der Waals surface area contributed by atoms with E-state index in [0.29, 0.717) is 29.5 Å². The van der Waals surface area contributed by atoms with E-state index in [-0.39, 0.29) is 11.6 Å². The quantitative estimate of drug-likeness (QED) is 0.388. The van der Waals surface area contributed by atoms with E-state index in [9.17, 15) is 19.5 Å². The fourth-order valence-corrected chi connectivity index (χ4v) is 5.11. The molecule has 0 aliphatic heterocycles. The molecular weight excluding hydrogens is 512 g/mol. The first-order valence-corrected chi connectivity index (χ1v) is 11.2. The van der Waals surface area contributed by atoms with Crippen molar-refractivity contribution in [2.75, 3.05) is 0 Å². The Morgan fingerprint density at radius 3 is 1.80 bits per heavy atom. The van der Waals surface area contributed by atoms with E-state index < -0.39 is 23.2 Å². The summed E-state index contributed by atoms with van der Waals surface area (Å²) < 4.78 is 1.66. The van der Waals surface area contributed by atoms with E-state index in [1.807, 2.05) is 0 Å². The lowest BCUT2D eigenvalue weighted by atomic mass is 9.62. The number of ketones is 2. The molecule has 4 rings (SSSR count). The average molecular weight is 530 g/mol. The maximum atomic E-state index is 13.9. The third kappa shape index (κ3) is 3.42. The van der Waals surface area contributed by atoms with Gasteiger partial charge in [-0.1, -0.05) is 79.9 Å². The van der Waals surface area contributed by atoms with Crippen molar-refractivity contribution in [3.63, 3.8) is 0 Å². The molecule has 0 heterocycles. The maximum absolute atomic E-state index is 13.9. The molecule has 2 aliphatic carbocycles. The number of hydrogen-bond donors (Lipinski definition) is 1. The summed E-state index contributed by atoms with van der Waals surface area (Å²) in [6, 6.07) is 13.8. The Bertz CT molecular complexity index is 1020. The Morgan fingerprint density at radius 2 is 1.33 bits per heavy atom. The molecule has 2 aromatic rings. The van der Waals surface area contributed by atoms with Crippen LogP contribution in [0.3, 0.4) is 0 Å². The van der Waals surface area contributed by atoms with Gasteiger partial charge >= 0.3 is 5.97 Å². The molecule has 0 amide bonds. The molecule has 0 radical (unpaired) electrons. The van der Waals surface area contributed by atoms with Gasteiger partial charge in [0.05, 0.1) is 5.92 Å². The highest BCUT2D eigenvalue weighted by atomic mass is 79.9. The van der Waals surface area contributed by atoms with Crippen molar-refractivity contribution in [2.24, 2.45) is 17.3 Å². The number of rotatable bonds is 5. The lowest BCUT2D eigenvalue weighted by molar-refractivity contribution is -0.140. The number of fused-ring (bicyclic) bond motifs is 1. The molecule has 6 heteroatoms. The molecule has 1 N–H and O–H groups in total. The summed E-state index contributed by atoms with van der Waals surface area (Å²) in [6.45, 7) is 0. The van der Waals surface area contributed by atoms with E-state index >= 15 is 0 Å².